The van der Waals surface area contributed by atoms with Crippen LogP contribution in [-0.2, 0) is 4.79 Å². The maximum atomic E-state index is 13.8. The molecule has 0 saturated heterocycles. The molecule has 0 aromatic heterocycles. The summed E-state index contributed by atoms with van der Waals surface area (Å²) in [6, 6.07) is 0. The Balaban J connectivity index is 4.13. The first-order valence-electron chi connectivity index (χ1n) is 6.52. The van der Waals surface area contributed by atoms with Crippen LogP contribution < -0.4 is 0 Å². The third-order valence-corrected chi connectivity index (χ3v) is 3.95. The maximum Gasteiger partial charge on any atom is 0.384 e. The number of hydrogen-bond acceptors (Lipinski definition) is 1. The minimum atomic E-state index is -8.07. The van der Waals surface area contributed by atoms with Gasteiger partial charge in [-0.1, -0.05) is 6.08 Å². The number of alkyl halides is 14. The van der Waals surface area contributed by atoms with Crippen LogP contribution in [0.2, 0.25) is 0 Å². The molecule has 1 N–H and O–H groups in total. The lowest BCUT2D eigenvalue weighted by Gasteiger charge is -2.49. The summed E-state index contributed by atoms with van der Waals surface area (Å²) in [5.41, 5.74) is -1.85. The fourth-order valence-electron chi connectivity index (χ4n) is 2.16. The van der Waals surface area contributed by atoms with E-state index >= 15 is 0 Å². The van der Waals surface area contributed by atoms with E-state index in [0.717, 1.165) is 0 Å². The number of carboxylic acid groups (broad SMARTS) is 1. The zero-order valence-electron chi connectivity index (χ0n) is 12.8. The van der Waals surface area contributed by atoms with Crippen LogP contribution >= 0.6 is 0 Å². The number of rotatable bonds is 2. The summed E-state index contributed by atoms with van der Waals surface area (Å²) in [4.78, 5) is 10.5. The molecule has 0 aromatic rings. The summed E-state index contributed by atoms with van der Waals surface area (Å²) in [5, 5.41) is 8.38. The molecule has 0 spiro atoms. The third kappa shape index (κ3) is 2.51. The summed E-state index contributed by atoms with van der Waals surface area (Å²) >= 11 is 0. The lowest BCUT2D eigenvalue weighted by atomic mass is 9.75. The number of halogens is 14. The molecule has 1 rings (SSSR count). The minimum absolute atomic E-state index is 0.0639. The molecule has 0 aliphatic heterocycles. The number of carbonyl (C=O) groups is 1. The fourth-order valence-corrected chi connectivity index (χ4v) is 2.16. The van der Waals surface area contributed by atoms with Gasteiger partial charge in [0.2, 0.25) is 0 Å². The lowest BCUT2D eigenvalue weighted by molar-refractivity contribution is -0.473. The molecule has 1 saturated carbocycles. The topological polar surface area (TPSA) is 37.3 Å². The first-order chi connectivity index (χ1) is 12.0. The Bertz CT molecular complexity index is 650. The van der Waals surface area contributed by atoms with Crippen molar-refractivity contribution in [1.29, 1.82) is 0 Å². The van der Waals surface area contributed by atoms with Gasteiger partial charge in [0.05, 0.1) is 0 Å². The van der Waals surface area contributed by atoms with Crippen molar-refractivity contribution in [2.75, 3.05) is 0 Å². The van der Waals surface area contributed by atoms with Crippen molar-refractivity contribution in [3.63, 3.8) is 0 Å². The average Bonchev–Trinajstić information content (AvgIpc) is 2.49. The second-order valence-corrected chi connectivity index (χ2v) is 5.75. The van der Waals surface area contributed by atoms with Gasteiger partial charge in [-0.05, 0) is 6.92 Å². The van der Waals surface area contributed by atoms with Gasteiger partial charge in [-0.3, -0.25) is 0 Å². The van der Waals surface area contributed by atoms with E-state index in [-0.39, 0.29) is 6.92 Å². The van der Waals surface area contributed by atoms with Crippen LogP contribution in [0.1, 0.15) is 6.92 Å². The zero-order valence-corrected chi connectivity index (χ0v) is 12.8. The van der Waals surface area contributed by atoms with Crippen LogP contribution in [0.25, 0.3) is 0 Å². The van der Waals surface area contributed by atoms with E-state index < -0.39 is 65.0 Å². The Hall–Kier alpha value is -1.77. The van der Waals surface area contributed by atoms with Crippen molar-refractivity contribution < 1.29 is 71.4 Å². The molecule has 1 aliphatic carbocycles. The standard InChI is InChI=1S/C12H6F14O2/c1-3(5(27)28)2-4-6(13,14)8(17,18)10(21,22)12(25,26)11(23,24)9(19,20)7(4,15)16/h2,4H,1H3,(H,27,28). The Morgan fingerprint density at radius 3 is 1.14 bits per heavy atom. The zero-order chi connectivity index (χ0) is 22.9. The van der Waals surface area contributed by atoms with Crippen LogP contribution in [0, 0.1) is 5.92 Å². The highest BCUT2D eigenvalue weighted by Crippen LogP contribution is 2.68. The van der Waals surface area contributed by atoms with E-state index in [2.05, 4.69) is 0 Å². The van der Waals surface area contributed by atoms with Crippen molar-refractivity contribution in [1.82, 2.24) is 0 Å². The second-order valence-electron chi connectivity index (χ2n) is 5.75. The van der Waals surface area contributed by atoms with Gasteiger partial charge in [0.15, 0.2) is 0 Å². The molecule has 2 nitrogen and oxygen atoms in total. The third-order valence-electron chi connectivity index (χ3n) is 3.95. The molecule has 164 valence electrons. The van der Waals surface area contributed by atoms with Crippen LogP contribution in [0.15, 0.2) is 11.6 Å². The van der Waals surface area contributed by atoms with Gasteiger partial charge in [0.25, 0.3) is 0 Å². The predicted octanol–water partition coefficient (Wildman–Crippen LogP) is 5.09. The van der Waals surface area contributed by atoms with E-state index in [1.54, 1.807) is 0 Å². The summed E-state index contributed by atoms with van der Waals surface area (Å²) < 4.78 is 188. The minimum Gasteiger partial charge on any atom is -0.478 e. The number of aliphatic carboxylic acids is 1. The monoisotopic (exact) mass is 448 g/mol. The van der Waals surface area contributed by atoms with E-state index in [1.165, 1.54) is 0 Å². The van der Waals surface area contributed by atoms with Gasteiger partial charge in [-0.25, -0.2) is 4.79 Å². The van der Waals surface area contributed by atoms with Gasteiger partial charge < -0.3 is 5.11 Å². The summed E-state index contributed by atoms with van der Waals surface area (Å²) in [6.45, 7) is 0.0639. The van der Waals surface area contributed by atoms with Gasteiger partial charge in [0, 0.05) is 5.57 Å². The first-order valence-corrected chi connectivity index (χ1v) is 6.52. The average molecular weight is 448 g/mol. The Morgan fingerprint density at radius 2 is 0.893 bits per heavy atom. The molecule has 1 fully saturated rings. The van der Waals surface area contributed by atoms with Crippen LogP contribution in [-0.4, -0.2) is 52.5 Å². The van der Waals surface area contributed by atoms with Crippen LogP contribution in [0.5, 0.6) is 0 Å². The molecule has 0 radical (unpaired) electrons. The van der Waals surface area contributed by atoms with Gasteiger partial charge in [0.1, 0.15) is 5.92 Å². The van der Waals surface area contributed by atoms with E-state index in [1.807, 2.05) is 0 Å². The van der Waals surface area contributed by atoms with Crippen molar-refractivity contribution in [2.24, 2.45) is 5.92 Å². The van der Waals surface area contributed by atoms with E-state index in [0.29, 0.717) is 0 Å². The highest BCUT2D eigenvalue weighted by Gasteiger charge is 2.97. The molecule has 28 heavy (non-hydrogen) atoms. The van der Waals surface area contributed by atoms with Gasteiger partial charge in [-0.2, -0.15) is 61.5 Å². The van der Waals surface area contributed by atoms with Crippen LogP contribution in [0.3, 0.4) is 0 Å². The Kier molecular flexibility index (Phi) is 5.09. The first kappa shape index (κ1) is 24.3. The molecule has 1 aliphatic rings. The molecular formula is C12H6F14O2. The van der Waals surface area contributed by atoms with Crippen molar-refractivity contribution >= 4 is 5.97 Å². The molecule has 0 atom stereocenters. The summed E-state index contributed by atoms with van der Waals surface area (Å²) in [6.07, 6.45) is -1.31. The van der Waals surface area contributed by atoms with Gasteiger partial charge in [-0.15, -0.1) is 0 Å². The van der Waals surface area contributed by atoms with Crippen molar-refractivity contribution in [2.45, 2.75) is 48.4 Å². The molecule has 0 heterocycles. The summed E-state index contributed by atoms with van der Waals surface area (Å²) in [7, 11) is 0. The van der Waals surface area contributed by atoms with Gasteiger partial charge >= 0.3 is 47.4 Å². The quantitative estimate of drug-likeness (QED) is 0.472. The highest BCUT2D eigenvalue weighted by molar-refractivity contribution is 5.85. The molecule has 16 heteroatoms. The highest BCUT2D eigenvalue weighted by atomic mass is 19.4. The molecule has 0 bridgehead atoms. The van der Waals surface area contributed by atoms with E-state index in [4.69, 9.17) is 5.11 Å². The predicted molar refractivity (Wildman–Crippen MR) is 59.5 cm³/mol. The molecule has 0 unspecified atom stereocenters. The molecular weight excluding hydrogens is 442 g/mol. The number of carboxylic acids is 1. The normalized spacial score (nSPS) is 30.2. The largest absolute Gasteiger partial charge is 0.478 e. The fraction of sp³-hybridized carbons (Fsp3) is 0.750. The van der Waals surface area contributed by atoms with E-state index in [9.17, 15) is 66.3 Å². The molecule has 0 amide bonds. The number of hydrogen-bond donors (Lipinski definition) is 1. The Morgan fingerprint density at radius 1 is 0.643 bits per heavy atom. The Labute approximate surface area is 144 Å². The smallest absolute Gasteiger partial charge is 0.384 e. The SMILES string of the molecule is CC(=CC1C(F)(F)C(F)(F)C(F)(F)C(F)(F)C(F)(F)C(F)(F)C1(F)F)C(=O)O. The lowest BCUT2D eigenvalue weighted by Crippen LogP contribution is -2.78. The molecule has 0 aromatic carbocycles. The van der Waals surface area contributed by atoms with Crippen molar-refractivity contribution in [3.05, 3.63) is 11.6 Å². The second kappa shape index (κ2) is 5.87. The van der Waals surface area contributed by atoms with Crippen molar-refractivity contribution in [3.8, 4) is 0 Å². The summed E-state index contributed by atoms with van der Waals surface area (Å²) in [5.74, 6) is -61.8. The van der Waals surface area contributed by atoms with Crippen LogP contribution in [0.4, 0.5) is 61.5 Å². The maximum absolute atomic E-state index is 13.8. The number of allylic oxidation sites excluding steroid dienone is 1.